The summed E-state index contributed by atoms with van der Waals surface area (Å²) < 4.78 is 6.25. The lowest BCUT2D eigenvalue weighted by atomic mass is 10.1. The molecule has 1 atom stereocenters. The van der Waals surface area contributed by atoms with Crippen LogP contribution >= 0.6 is 15.9 Å². The quantitative estimate of drug-likeness (QED) is 0.910. The van der Waals surface area contributed by atoms with Gasteiger partial charge in [0, 0.05) is 23.1 Å². The molecule has 6 heteroatoms. The van der Waals surface area contributed by atoms with E-state index in [2.05, 4.69) is 30.8 Å². The second-order valence-corrected chi connectivity index (χ2v) is 5.78. The first-order valence-electron chi connectivity index (χ1n) is 6.62. The second kappa shape index (κ2) is 5.63. The molecule has 0 aliphatic carbocycles. The minimum atomic E-state index is -0.579. The molecule has 1 aliphatic heterocycles. The Balaban J connectivity index is 2.09. The maximum absolute atomic E-state index is 9.93. The summed E-state index contributed by atoms with van der Waals surface area (Å²) in [6, 6.07) is 3.81. The number of hydrogen-bond donors (Lipinski definition) is 1. The molecule has 0 radical (unpaired) electrons. The van der Waals surface area contributed by atoms with Gasteiger partial charge >= 0.3 is 0 Å². The predicted octanol–water partition coefficient (Wildman–Crippen LogP) is 2.28. The molecule has 0 saturated carbocycles. The number of aromatic nitrogens is 2. The molecule has 1 fully saturated rings. The van der Waals surface area contributed by atoms with E-state index in [1.807, 2.05) is 12.1 Å². The van der Waals surface area contributed by atoms with Crippen molar-refractivity contribution in [2.45, 2.75) is 13.0 Å². The zero-order chi connectivity index (χ0) is 14.1. The van der Waals surface area contributed by atoms with E-state index in [1.54, 1.807) is 13.1 Å². The Labute approximate surface area is 125 Å². The molecule has 20 heavy (non-hydrogen) atoms. The predicted molar refractivity (Wildman–Crippen MR) is 80.9 cm³/mol. The summed E-state index contributed by atoms with van der Waals surface area (Å²) in [7, 11) is 0. The van der Waals surface area contributed by atoms with Gasteiger partial charge in [-0.3, -0.25) is 4.98 Å². The lowest BCUT2D eigenvalue weighted by Crippen LogP contribution is -2.36. The number of benzene rings is 1. The fourth-order valence-corrected chi connectivity index (χ4v) is 2.82. The molecule has 5 nitrogen and oxygen atoms in total. The number of anilines is 1. The largest absolute Gasteiger partial charge is 0.389 e. The smallest absolute Gasteiger partial charge is 0.148 e. The van der Waals surface area contributed by atoms with Crippen molar-refractivity contribution in [2.24, 2.45) is 0 Å². The third-order valence-electron chi connectivity index (χ3n) is 3.41. The number of rotatable bonds is 2. The number of aliphatic hydroxyl groups excluding tert-OH is 1. The fraction of sp³-hybridized carbons (Fsp3) is 0.429. The first-order valence-corrected chi connectivity index (χ1v) is 7.41. The number of aliphatic hydroxyl groups is 1. The van der Waals surface area contributed by atoms with Crippen molar-refractivity contribution in [2.75, 3.05) is 31.2 Å². The Hall–Kier alpha value is -1.24. The van der Waals surface area contributed by atoms with Crippen LogP contribution in [0.2, 0.25) is 0 Å². The van der Waals surface area contributed by atoms with Crippen LogP contribution in [0.1, 0.15) is 18.6 Å². The highest BCUT2D eigenvalue weighted by atomic mass is 79.9. The van der Waals surface area contributed by atoms with Crippen LogP contribution in [0.15, 0.2) is 22.8 Å². The Morgan fingerprint density at radius 3 is 2.80 bits per heavy atom. The van der Waals surface area contributed by atoms with E-state index < -0.39 is 6.10 Å². The molecule has 1 aromatic heterocycles. The molecule has 1 N–H and O–H groups in total. The highest BCUT2D eigenvalue weighted by molar-refractivity contribution is 9.10. The van der Waals surface area contributed by atoms with Gasteiger partial charge in [-0.1, -0.05) is 15.9 Å². The second-order valence-electron chi connectivity index (χ2n) is 4.87. The number of nitrogens with zero attached hydrogens (tertiary/aromatic N) is 3. The van der Waals surface area contributed by atoms with E-state index >= 15 is 0 Å². The van der Waals surface area contributed by atoms with Crippen LogP contribution in [0, 0.1) is 0 Å². The number of hydrogen-bond acceptors (Lipinski definition) is 5. The minimum Gasteiger partial charge on any atom is -0.389 e. The Bertz CT molecular complexity index is 627. The minimum absolute atomic E-state index is 0.579. The highest BCUT2D eigenvalue weighted by Crippen LogP contribution is 2.27. The molecule has 106 valence electrons. The van der Waals surface area contributed by atoms with Crippen molar-refractivity contribution in [1.29, 1.82) is 0 Å². The summed E-state index contributed by atoms with van der Waals surface area (Å²) in [6.07, 6.45) is 1.20. The molecule has 1 aromatic carbocycles. The van der Waals surface area contributed by atoms with Crippen LogP contribution in [0.5, 0.6) is 0 Å². The van der Waals surface area contributed by atoms with Crippen LogP contribution in [0.4, 0.5) is 5.82 Å². The average Bonchev–Trinajstić information content (AvgIpc) is 2.46. The van der Waals surface area contributed by atoms with Gasteiger partial charge < -0.3 is 14.7 Å². The molecule has 0 amide bonds. The van der Waals surface area contributed by atoms with Gasteiger partial charge in [0.1, 0.15) is 5.82 Å². The molecule has 1 saturated heterocycles. The van der Waals surface area contributed by atoms with Gasteiger partial charge in [-0.25, -0.2) is 4.98 Å². The van der Waals surface area contributed by atoms with Crippen molar-refractivity contribution < 1.29 is 9.84 Å². The summed E-state index contributed by atoms with van der Waals surface area (Å²) in [4.78, 5) is 11.3. The van der Waals surface area contributed by atoms with Crippen molar-refractivity contribution in [3.05, 3.63) is 28.4 Å². The molecule has 2 heterocycles. The van der Waals surface area contributed by atoms with Gasteiger partial charge in [0.15, 0.2) is 0 Å². The molecule has 1 aliphatic rings. The van der Waals surface area contributed by atoms with Crippen LogP contribution < -0.4 is 4.90 Å². The Kier molecular flexibility index (Phi) is 3.87. The number of morpholine rings is 1. The van der Waals surface area contributed by atoms with Gasteiger partial charge in [0.2, 0.25) is 0 Å². The zero-order valence-electron chi connectivity index (χ0n) is 11.2. The lowest BCUT2D eigenvalue weighted by Gasteiger charge is -2.27. The van der Waals surface area contributed by atoms with E-state index in [1.165, 1.54) is 0 Å². The van der Waals surface area contributed by atoms with Gasteiger partial charge in [0.25, 0.3) is 0 Å². The summed E-state index contributed by atoms with van der Waals surface area (Å²) in [5.41, 5.74) is 2.33. The molecular formula is C14H16BrN3O2. The van der Waals surface area contributed by atoms with Crippen molar-refractivity contribution in [3.8, 4) is 0 Å². The van der Waals surface area contributed by atoms with Crippen LogP contribution in [-0.4, -0.2) is 41.4 Å². The van der Waals surface area contributed by atoms with Crippen LogP contribution in [-0.2, 0) is 4.74 Å². The Morgan fingerprint density at radius 2 is 2.10 bits per heavy atom. The van der Waals surface area contributed by atoms with E-state index in [-0.39, 0.29) is 0 Å². The molecule has 0 bridgehead atoms. The third kappa shape index (κ3) is 2.63. The summed E-state index contributed by atoms with van der Waals surface area (Å²) in [6.45, 7) is 4.80. The molecule has 0 spiro atoms. The van der Waals surface area contributed by atoms with Gasteiger partial charge in [-0.2, -0.15) is 0 Å². The van der Waals surface area contributed by atoms with Gasteiger partial charge in [-0.15, -0.1) is 0 Å². The molecule has 1 unspecified atom stereocenters. The SMILES string of the molecule is CC(O)c1cc(Br)cc2ncc(N3CCOCC3)nc12. The fourth-order valence-electron chi connectivity index (χ4n) is 2.36. The Morgan fingerprint density at radius 1 is 1.35 bits per heavy atom. The number of halogens is 1. The topological polar surface area (TPSA) is 58.5 Å². The third-order valence-corrected chi connectivity index (χ3v) is 3.87. The maximum Gasteiger partial charge on any atom is 0.148 e. The summed E-state index contributed by atoms with van der Waals surface area (Å²) >= 11 is 3.44. The summed E-state index contributed by atoms with van der Waals surface area (Å²) in [5, 5.41) is 9.93. The average molecular weight is 338 g/mol. The van der Waals surface area contributed by atoms with Crippen molar-refractivity contribution in [3.63, 3.8) is 0 Å². The molecule has 2 aromatic rings. The van der Waals surface area contributed by atoms with E-state index in [0.29, 0.717) is 13.2 Å². The maximum atomic E-state index is 9.93. The highest BCUT2D eigenvalue weighted by Gasteiger charge is 2.16. The van der Waals surface area contributed by atoms with E-state index in [4.69, 9.17) is 4.74 Å². The zero-order valence-corrected chi connectivity index (χ0v) is 12.8. The number of ether oxygens (including phenoxy) is 1. The van der Waals surface area contributed by atoms with Crippen molar-refractivity contribution >= 4 is 32.8 Å². The molecular weight excluding hydrogens is 322 g/mol. The first kappa shape index (κ1) is 13.7. The van der Waals surface area contributed by atoms with Gasteiger partial charge in [0.05, 0.1) is 36.5 Å². The van der Waals surface area contributed by atoms with Crippen LogP contribution in [0.3, 0.4) is 0 Å². The monoisotopic (exact) mass is 337 g/mol. The molecule has 3 rings (SSSR count). The lowest BCUT2D eigenvalue weighted by molar-refractivity contribution is 0.122. The standard InChI is InChI=1S/C14H16BrN3O2/c1-9(19)11-6-10(15)7-12-14(11)17-13(8-16-12)18-2-4-20-5-3-18/h6-9,19H,2-5H2,1H3. The summed E-state index contributed by atoms with van der Waals surface area (Å²) in [5.74, 6) is 0.838. The normalized spacial score (nSPS) is 17.4. The first-order chi connectivity index (χ1) is 9.65. The van der Waals surface area contributed by atoms with Crippen molar-refractivity contribution in [1.82, 2.24) is 9.97 Å². The number of fused-ring (bicyclic) bond motifs is 1. The van der Waals surface area contributed by atoms with E-state index in [0.717, 1.165) is 40.0 Å². The van der Waals surface area contributed by atoms with Crippen LogP contribution in [0.25, 0.3) is 11.0 Å². The van der Waals surface area contributed by atoms with Gasteiger partial charge in [-0.05, 0) is 19.1 Å². The van der Waals surface area contributed by atoms with E-state index in [9.17, 15) is 5.11 Å².